The Hall–Kier alpha value is -3.64. The van der Waals surface area contributed by atoms with Gasteiger partial charge in [-0.1, -0.05) is 17.9 Å². The topological polar surface area (TPSA) is 137 Å². The third kappa shape index (κ3) is 3.55. The van der Waals surface area contributed by atoms with E-state index in [9.17, 15) is 4.79 Å². The summed E-state index contributed by atoms with van der Waals surface area (Å²) >= 11 is 1.19. The van der Waals surface area contributed by atoms with Crippen LogP contribution in [0.3, 0.4) is 0 Å². The van der Waals surface area contributed by atoms with Gasteiger partial charge in [-0.15, -0.1) is 0 Å². The van der Waals surface area contributed by atoms with Gasteiger partial charge in [-0.05, 0) is 42.7 Å². The van der Waals surface area contributed by atoms with E-state index in [4.69, 9.17) is 17.2 Å². The molecule has 0 spiro atoms. The predicted octanol–water partition coefficient (Wildman–Crippen LogP) is 2.02. The number of carbonyl (C=O) groups excluding carboxylic acids is 1. The van der Waals surface area contributed by atoms with E-state index < -0.39 is 6.03 Å². The number of amides is 2. The van der Waals surface area contributed by atoms with E-state index in [2.05, 4.69) is 26.2 Å². The lowest BCUT2D eigenvalue weighted by atomic mass is 10.1. The van der Waals surface area contributed by atoms with Crippen LogP contribution >= 0.6 is 11.5 Å². The van der Waals surface area contributed by atoms with Crippen LogP contribution in [0.4, 0.5) is 27.1 Å². The number of nitrogens with zero attached hydrogens (tertiary/aromatic N) is 4. The van der Waals surface area contributed by atoms with Gasteiger partial charge in [0, 0.05) is 5.56 Å². The Labute approximate surface area is 153 Å². The summed E-state index contributed by atoms with van der Waals surface area (Å²) in [6, 6.07) is 8.25. The molecule has 0 saturated carbocycles. The predicted molar refractivity (Wildman–Crippen MR) is 102 cm³/mol. The van der Waals surface area contributed by atoms with Crippen LogP contribution in [0.5, 0.6) is 0 Å². The second-order valence-electron chi connectivity index (χ2n) is 5.30. The van der Waals surface area contributed by atoms with Crippen molar-refractivity contribution in [2.45, 2.75) is 6.92 Å². The van der Waals surface area contributed by atoms with Gasteiger partial charge in [-0.3, -0.25) is 4.90 Å². The SMILES string of the molecule is Cc1cc(N(C(N)=O)c2cccc(C#Cc3c(N)ncnc3N)c2)sn1. The quantitative estimate of drug-likeness (QED) is 0.594. The first-order valence-corrected chi connectivity index (χ1v) is 8.24. The van der Waals surface area contributed by atoms with Crippen molar-refractivity contribution in [3.63, 3.8) is 0 Å². The standard InChI is InChI=1S/C17H15N7OS/c1-10-7-14(26-23-10)24(17(20)25)12-4-2-3-11(8-12)5-6-13-15(18)21-9-22-16(13)19/h2-4,7-9H,1H3,(H2,20,25)(H4,18,19,21,22). The highest BCUT2D eigenvalue weighted by molar-refractivity contribution is 7.10. The van der Waals surface area contributed by atoms with E-state index in [1.807, 2.05) is 6.92 Å². The number of urea groups is 1. The van der Waals surface area contributed by atoms with Crippen LogP contribution in [-0.4, -0.2) is 20.4 Å². The Morgan fingerprint density at radius 2 is 1.88 bits per heavy atom. The second kappa shape index (κ2) is 7.08. The zero-order valence-electron chi connectivity index (χ0n) is 13.8. The lowest BCUT2D eigenvalue weighted by Gasteiger charge is -2.18. The number of carbonyl (C=O) groups is 1. The van der Waals surface area contributed by atoms with Crippen molar-refractivity contribution in [3.8, 4) is 11.8 Å². The molecule has 0 aliphatic carbocycles. The molecule has 3 rings (SSSR count). The van der Waals surface area contributed by atoms with Crippen LogP contribution in [0.1, 0.15) is 16.8 Å². The first-order valence-electron chi connectivity index (χ1n) is 7.46. The van der Waals surface area contributed by atoms with Gasteiger partial charge in [0.05, 0.1) is 11.4 Å². The molecule has 0 unspecified atom stereocenters. The largest absolute Gasteiger partial charge is 0.382 e. The maximum atomic E-state index is 11.9. The third-order valence-electron chi connectivity index (χ3n) is 3.40. The molecule has 0 aliphatic heterocycles. The van der Waals surface area contributed by atoms with Gasteiger partial charge in [0.1, 0.15) is 28.5 Å². The number of rotatable bonds is 2. The summed E-state index contributed by atoms with van der Waals surface area (Å²) in [6.45, 7) is 1.85. The lowest BCUT2D eigenvalue weighted by Crippen LogP contribution is -2.30. The van der Waals surface area contributed by atoms with E-state index in [-0.39, 0.29) is 11.6 Å². The summed E-state index contributed by atoms with van der Waals surface area (Å²) in [7, 11) is 0. The summed E-state index contributed by atoms with van der Waals surface area (Å²) in [5, 5.41) is 0.630. The Kier molecular flexibility index (Phi) is 4.68. The van der Waals surface area contributed by atoms with Gasteiger partial charge < -0.3 is 17.2 Å². The Morgan fingerprint density at radius 1 is 1.15 bits per heavy atom. The minimum Gasteiger partial charge on any atom is -0.382 e. The fourth-order valence-corrected chi connectivity index (χ4v) is 3.01. The number of hydrogen-bond donors (Lipinski definition) is 3. The minimum atomic E-state index is -0.608. The van der Waals surface area contributed by atoms with Crippen molar-refractivity contribution in [1.82, 2.24) is 14.3 Å². The Bertz CT molecular complexity index is 1010. The summed E-state index contributed by atoms with van der Waals surface area (Å²) < 4.78 is 4.19. The highest BCUT2D eigenvalue weighted by Crippen LogP contribution is 2.29. The second-order valence-corrected chi connectivity index (χ2v) is 6.08. The third-order valence-corrected chi connectivity index (χ3v) is 4.27. The van der Waals surface area contributed by atoms with Gasteiger partial charge in [0.15, 0.2) is 0 Å². The van der Waals surface area contributed by atoms with Crippen molar-refractivity contribution in [2.75, 3.05) is 16.4 Å². The molecule has 0 fully saturated rings. The average Bonchev–Trinajstić information content (AvgIpc) is 3.00. The lowest BCUT2D eigenvalue weighted by molar-refractivity contribution is 0.256. The van der Waals surface area contributed by atoms with Crippen LogP contribution in [0.15, 0.2) is 36.7 Å². The normalized spacial score (nSPS) is 10.0. The number of aryl methyl sites for hydroxylation is 1. The van der Waals surface area contributed by atoms with Gasteiger partial charge in [-0.25, -0.2) is 14.8 Å². The molecule has 0 radical (unpaired) electrons. The fraction of sp³-hybridized carbons (Fsp3) is 0.0588. The first kappa shape index (κ1) is 17.2. The summed E-state index contributed by atoms with van der Waals surface area (Å²) in [5.41, 5.74) is 19.5. The molecule has 8 nitrogen and oxygen atoms in total. The van der Waals surface area contributed by atoms with Gasteiger partial charge >= 0.3 is 6.03 Å². The highest BCUT2D eigenvalue weighted by Gasteiger charge is 2.17. The number of anilines is 4. The summed E-state index contributed by atoms with van der Waals surface area (Å²) in [4.78, 5) is 21.1. The van der Waals surface area contributed by atoms with Crippen LogP contribution in [0.2, 0.25) is 0 Å². The Morgan fingerprint density at radius 3 is 2.50 bits per heavy atom. The monoisotopic (exact) mass is 365 g/mol. The Balaban J connectivity index is 1.98. The smallest absolute Gasteiger partial charge is 0.324 e. The molecule has 0 atom stereocenters. The molecule has 3 aromatic rings. The maximum Gasteiger partial charge on any atom is 0.324 e. The summed E-state index contributed by atoms with van der Waals surface area (Å²) in [5.74, 6) is 6.24. The molecular weight excluding hydrogens is 350 g/mol. The van der Waals surface area contributed by atoms with Gasteiger partial charge in [-0.2, -0.15) is 4.37 Å². The van der Waals surface area contributed by atoms with E-state index in [1.54, 1.807) is 30.3 Å². The zero-order valence-corrected chi connectivity index (χ0v) is 14.6. The molecule has 0 aliphatic rings. The molecule has 26 heavy (non-hydrogen) atoms. The maximum absolute atomic E-state index is 11.9. The molecule has 1 aromatic carbocycles. The summed E-state index contributed by atoms with van der Waals surface area (Å²) in [6.07, 6.45) is 1.28. The molecule has 0 bridgehead atoms. The molecule has 0 saturated heterocycles. The van der Waals surface area contributed by atoms with Crippen molar-refractivity contribution < 1.29 is 4.79 Å². The first-order chi connectivity index (χ1) is 12.5. The molecule has 9 heteroatoms. The number of aromatic nitrogens is 3. The number of nitrogen functional groups attached to an aromatic ring is 2. The molecular formula is C17H15N7OS. The molecule has 2 heterocycles. The van der Waals surface area contributed by atoms with Crippen molar-refractivity contribution >= 4 is 39.9 Å². The number of hydrogen-bond acceptors (Lipinski definition) is 7. The molecule has 6 N–H and O–H groups in total. The van der Waals surface area contributed by atoms with Crippen molar-refractivity contribution in [1.29, 1.82) is 0 Å². The molecule has 2 amide bonds. The van der Waals surface area contributed by atoms with Crippen molar-refractivity contribution in [2.24, 2.45) is 5.73 Å². The van der Waals surface area contributed by atoms with Gasteiger partial charge in [0.2, 0.25) is 0 Å². The number of primary amides is 1. The van der Waals surface area contributed by atoms with Crippen LogP contribution < -0.4 is 22.1 Å². The highest BCUT2D eigenvalue weighted by atomic mass is 32.1. The van der Waals surface area contributed by atoms with Crippen molar-refractivity contribution in [3.05, 3.63) is 53.5 Å². The van der Waals surface area contributed by atoms with Crippen LogP contribution in [0, 0.1) is 18.8 Å². The van der Waals surface area contributed by atoms with Crippen LogP contribution in [-0.2, 0) is 0 Å². The number of benzene rings is 1. The van der Waals surface area contributed by atoms with E-state index in [0.29, 0.717) is 21.8 Å². The van der Waals surface area contributed by atoms with E-state index in [1.165, 1.54) is 22.8 Å². The molecule has 130 valence electrons. The molecule has 2 aromatic heterocycles. The average molecular weight is 365 g/mol. The van der Waals surface area contributed by atoms with E-state index in [0.717, 1.165) is 5.69 Å². The van der Waals surface area contributed by atoms with Crippen LogP contribution in [0.25, 0.3) is 0 Å². The zero-order chi connectivity index (χ0) is 18.7. The van der Waals surface area contributed by atoms with E-state index >= 15 is 0 Å². The van der Waals surface area contributed by atoms with Gasteiger partial charge in [0.25, 0.3) is 0 Å². The number of nitrogens with two attached hydrogens (primary N) is 3. The minimum absolute atomic E-state index is 0.208. The fourth-order valence-electron chi connectivity index (χ4n) is 2.22.